The number of nitrogens with one attached hydrogen (secondary N) is 2. The molecule has 0 bridgehead atoms. The van der Waals surface area contributed by atoms with Crippen molar-refractivity contribution in [3.63, 3.8) is 0 Å². The van der Waals surface area contributed by atoms with E-state index < -0.39 is 16.6 Å². The van der Waals surface area contributed by atoms with Crippen LogP contribution in [-0.4, -0.2) is 31.8 Å². The molecule has 0 saturated carbocycles. The summed E-state index contributed by atoms with van der Waals surface area (Å²) in [6.07, 6.45) is 0. The van der Waals surface area contributed by atoms with Crippen LogP contribution in [0.15, 0.2) is 47.6 Å². The van der Waals surface area contributed by atoms with Gasteiger partial charge in [0.25, 0.3) is 5.69 Å². The third-order valence-corrected chi connectivity index (χ3v) is 4.40. The molecule has 8 nitrogen and oxygen atoms in total. The van der Waals surface area contributed by atoms with E-state index >= 15 is 0 Å². The second-order valence-electron chi connectivity index (χ2n) is 5.56. The Morgan fingerprint density at radius 2 is 2.11 bits per heavy atom. The number of rotatable bonds is 6. The molecule has 0 aliphatic heterocycles. The zero-order chi connectivity index (χ0) is 19.4. The van der Waals surface area contributed by atoms with Gasteiger partial charge in [0.05, 0.1) is 16.2 Å². The average molecular weight is 387 g/mol. The Labute approximate surface area is 157 Å². The molecule has 27 heavy (non-hydrogen) atoms. The lowest BCUT2D eigenvalue weighted by Gasteiger charge is -2.05. The van der Waals surface area contributed by atoms with Gasteiger partial charge < -0.3 is 5.32 Å². The maximum atomic E-state index is 13.8. The van der Waals surface area contributed by atoms with Crippen molar-refractivity contribution in [3.05, 3.63) is 64.0 Å². The molecule has 3 aromatic rings. The summed E-state index contributed by atoms with van der Waals surface area (Å²) >= 11 is 1.03. The van der Waals surface area contributed by atoms with Crippen LogP contribution in [0.1, 0.15) is 5.56 Å². The molecule has 0 radical (unpaired) electrons. The van der Waals surface area contributed by atoms with Crippen LogP contribution in [0, 0.1) is 22.9 Å². The van der Waals surface area contributed by atoms with Crippen molar-refractivity contribution in [2.45, 2.75) is 12.1 Å². The van der Waals surface area contributed by atoms with Crippen LogP contribution in [-0.2, 0) is 4.79 Å². The summed E-state index contributed by atoms with van der Waals surface area (Å²) in [6, 6.07) is 10.7. The maximum Gasteiger partial charge on any atom is 0.293 e. The second-order valence-corrected chi connectivity index (χ2v) is 6.50. The Bertz CT molecular complexity index is 1010. The first kappa shape index (κ1) is 18.5. The van der Waals surface area contributed by atoms with Crippen molar-refractivity contribution in [2.24, 2.45) is 0 Å². The Morgan fingerprint density at radius 1 is 1.33 bits per heavy atom. The van der Waals surface area contributed by atoms with Gasteiger partial charge in [0.1, 0.15) is 11.5 Å². The van der Waals surface area contributed by atoms with Gasteiger partial charge in [-0.15, -0.1) is 5.10 Å². The van der Waals surface area contributed by atoms with Crippen molar-refractivity contribution in [1.82, 2.24) is 15.2 Å². The topological polar surface area (TPSA) is 114 Å². The smallest absolute Gasteiger partial charge is 0.293 e. The van der Waals surface area contributed by atoms with E-state index in [1.54, 1.807) is 31.2 Å². The summed E-state index contributed by atoms with van der Waals surface area (Å²) < 4.78 is 13.8. The van der Waals surface area contributed by atoms with Gasteiger partial charge in [-0.05, 0) is 30.7 Å². The number of carbonyl (C=O) groups excluding carboxylic acids is 1. The van der Waals surface area contributed by atoms with Crippen LogP contribution in [0.5, 0.6) is 0 Å². The molecule has 1 aromatic heterocycles. The molecule has 0 fully saturated rings. The van der Waals surface area contributed by atoms with E-state index in [-0.39, 0.29) is 33.7 Å². The number of carbonyl (C=O) groups is 1. The number of hydrogen-bond donors (Lipinski definition) is 2. The number of nitro groups is 1. The predicted octanol–water partition coefficient (Wildman–Crippen LogP) is 3.56. The second kappa shape index (κ2) is 7.96. The highest BCUT2D eigenvalue weighted by atomic mass is 32.2. The standard InChI is InChI=1S/C17H14FN5O3S/c1-10-6-7-13(14(8-10)23(25)26)19-15(24)9-27-17-20-16(21-22-17)11-4-2-3-5-12(11)18/h2-8H,9H2,1H3,(H,19,24)(H,20,21,22). The molecular weight excluding hydrogens is 373 g/mol. The van der Waals surface area contributed by atoms with Crippen LogP contribution < -0.4 is 5.32 Å². The van der Waals surface area contributed by atoms with Crippen molar-refractivity contribution < 1.29 is 14.1 Å². The largest absolute Gasteiger partial charge is 0.320 e. The van der Waals surface area contributed by atoms with Crippen molar-refractivity contribution in [2.75, 3.05) is 11.1 Å². The monoisotopic (exact) mass is 387 g/mol. The number of aryl methyl sites for hydroxylation is 1. The summed E-state index contributed by atoms with van der Waals surface area (Å²) in [4.78, 5) is 26.8. The van der Waals surface area contributed by atoms with Gasteiger partial charge in [-0.2, -0.15) is 0 Å². The fraction of sp³-hybridized carbons (Fsp3) is 0.118. The number of nitrogens with zero attached hydrogens (tertiary/aromatic N) is 3. The minimum atomic E-state index is -0.550. The Balaban J connectivity index is 1.64. The summed E-state index contributed by atoms with van der Waals surface area (Å²) in [5, 5.41) is 20.4. The first-order valence-corrected chi connectivity index (χ1v) is 8.77. The number of aromatic nitrogens is 3. The van der Waals surface area contributed by atoms with Gasteiger partial charge in [-0.3, -0.25) is 20.0 Å². The normalized spacial score (nSPS) is 10.6. The number of H-pyrrole nitrogens is 1. The molecule has 1 heterocycles. The third kappa shape index (κ3) is 4.47. The van der Waals surface area contributed by atoms with E-state index in [2.05, 4.69) is 20.5 Å². The molecule has 10 heteroatoms. The number of benzene rings is 2. The van der Waals surface area contributed by atoms with Gasteiger partial charge >= 0.3 is 0 Å². The summed E-state index contributed by atoms with van der Waals surface area (Å²) in [7, 11) is 0. The summed E-state index contributed by atoms with van der Waals surface area (Å²) in [6.45, 7) is 1.73. The summed E-state index contributed by atoms with van der Waals surface area (Å²) in [5.41, 5.74) is 0.943. The van der Waals surface area contributed by atoms with Gasteiger partial charge in [0, 0.05) is 6.07 Å². The first-order valence-electron chi connectivity index (χ1n) is 7.79. The SMILES string of the molecule is Cc1ccc(NC(=O)CSc2n[nH]c(-c3ccccc3F)n2)c([N+](=O)[O-])c1. The van der Waals surface area contributed by atoms with Gasteiger partial charge in [0.15, 0.2) is 5.82 Å². The lowest BCUT2D eigenvalue weighted by atomic mass is 10.2. The van der Waals surface area contributed by atoms with Crippen LogP contribution in [0.4, 0.5) is 15.8 Å². The number of amides is 1. The number of halogens is 1. The zero-order valence-electron chi connectivity index (χ0n) is 14.1. The number of nitro benzene ring substituents is 1. The van der Waals surface area contributed by atoms with Gasteiger partial charge in [-0.25, -0.2) is 9.37 Å². The number of aromatic amines is 1. The highest BCUT2D eigenvalue weighted by Gasteiger charge is 2.17. The minimum Gasteiger partial charge on any atom is -0.320 e. The molecular formula is C17H14FN5O3S. The van der Waals surface area contributed by atoms with E-state index in [0.29, 0.717) is 0 Å². The molecule has 3 rings (SSSR count). The fourth-order valence-electron chi connectivity index (χ4n) is 2.30. The predicted molar refractivity (Wildman–Crippen MR) is 99.0 cm³/mol. The molecule has 2 N–H and O–H groups in total. The van der Waals surface area contributed by atoms with Crippen LogP contribution >= 0.6 is 11.8 Å². The number of thioether (sulfide) groups is 1. The first-order chi connectivity index (χ1) is 12.9. The Morgan fingerprint density at radius 3 is 2.85 bits per heavy atom. The van der Waals surface area contributed by atoms with Crippen LogP contribution in [0.2, 0.25) is 0 Å². The molecule has 0 atom stereocenters. The minimum absolute atomic E-state index is 0.0560. The molecule has 0 saturated heterocycles. The van der Waals surface area contributed by atoms with E-state index in [0.717, 1.165) is 17.3 Å². The van der Waals surface area contributed by atoms with Gasteiger partial charge in [0.2, 0.25) is 11.1 Å². The van der Waals surface area contributed by atoms with Crippen molar-refractivity contribution in [3.8, 4) is 11.4 Å². The van der Waals surface area contributed by atoms with Crippen molar-refractivity contribution >= 4 is 29.0 Å². The third-order valence-electron chi connectivity index (χ3n) is 3.55. The maximum absolute atomic E-state index is 13.8. The van der Waals surface area contributed by atoms with Crippen LogP contribution in [0.3, 0.4) is 0 Å². The molecule has 0 unspecified atom stereocenters. The fourth-order valence-corrected chi connectivity index (χ4v) is 2.90. The van der Waals surface area contributed by atoms with Gasteiger partial charge in [-0.1, -0.05) is 30.0 Å². The van der Waals surface area contributed by atoms with E-state index in [4.69, 9.17) is 0 Å². The highest BCUT2D eigenvalue weighted by molar-refractivity contribution is 7.99. The lowest BCUT2D eigenvalue weighted by molar-refractivity contribution is -0.384. The Hall–Kier alpha value is -3.27. The van der Waals surface area contributed by atoms with Crippen LogP contribution in [0.25, 0.3) is 11.4 Å². The molecule has 0 aliphatic carbocycles. The molecule has 2 aromatic carbocycles. The number of anilines is 1. The summed E-state index contributed by atoms with van der Waals surface area (Å²) in [5.74, 6) is -0.677. The van der Waals surface area contributed by atoms with E-state index in [1.165, 1.54) is 18.2 Å². The average Bonchev–Trinajstić information content (AvgIpc) is 3.10. The molecule has 0 aliphatic rings. The highest BCUT2D eigenvalue weighted by Crippen LogP contribution is 2.26. The molecule has 1 amide bonds. The lowest BCUT2D eigenvalue weighted by Crippen LogP contribution is -2.15. The quantitative estimate of drug-likeness (QED) is 0.380. The van der Waals surface area contributed by atoms with Crippen molar-refractivity contribution in [1.29, 1.82) is 0 Å². The van der Waals surface area contributed by atoms with E-state index in [1.807, 2.05) is 0 Å². The van der Waals surface area contributed by atoms with E-state index in [9.17, 15) is 19.3 Å². The molecule has 0 spiro atoms. The molecule has 138 valence electrons. The Kier molecular flexibility index (Phi) is 5.46. The zero-order valence-corrected chi connectivity index (χ0v) is 14.9. The number of hydrogen-bond acceptors (Lipinski definition) is 6.